The number of nitrogens with one attached hydrogen (secondary N) is 1. The fraction of sp³-hybridized carbons (Fsp3) is 0.333. The molecule has 26 heavy (non-hydrogen) atoms. The zero-order valence-electron chi connectivity index (χ0n) is 14.8. The van der Waals surface area contributed by atoms with Gasteiger partial charge in [0.1, 0.15) is 0 Å². The number of benzene rings is 2. The number of rotatable bonds is 8. The molecule has 0 radical (unpaired) electrons. The summed E-state index contributed by atoms with van der Waals surface area (Å²) < 4.78 is 61.4. The van der Waals surface area contributed by atoms with Crippen LogP contribution in [0, 0.1) is 13.8 Å². The molecule has 5 nitrogen and oxygen atoms in total. The smallest absolute Gasteiger partial charge is 0.387 e. The Morgan fingerprint density at radius 3 is 2.42 bits per heavy atom. The molecule has 0 bridgehead atoms. The molecule has 1 N–H and O–H groups in total. The Bertz CT molecular complexity index is 869. The second-order valence-corrected chi connectivity index (χ2v) is 7.52. The molecule has 0 spiro atoms. The Morgan fingerprint density at radius 1 is 1.08 bits per heavy atom. The number of methoxy groups -OCH3 is 1. The average Bonchev–Trinajstić information content (AvgIpc) is 2.55. The van der Waals surface area contributed by atoms with Gasteiger partial charge in [-0.3, -0.25) is 0 Å². The summed E-state index contributed by atoms with van der Waals surface area (Å²) in [5.74, 6) is 0.0992. The lowest BCUT2D eigenvalue weighted by Crippen LogP contribution is -2.26. The average molecular weight is 385 g/mol. The van der Waals surface area contributed by atoms with E-state index in [4.69, 9.17) is 4.74 Å². The largest absolute Gasteiger partial charge is 0.493 e. The van der Waals surface area contributed by atoms with Crippen molar-refractivity contribution in [2.75, 3.05) is 13.7 Å². The van der Waals surface area contributed by atoms with Gasteiger partial charge in [-0.2, -0.15) is 8.78 Å². The van der Waals surface area contributed by atoms with Gasteiger partial charge in [0.15, 0.2) is 11.5 Å². The van der Waals surface area contributed by atoms with Crippen molar-refractivity contribution in [1.82, 2.24) is 4.72 Å². The maximum absolute atomic E-state index is 12.4. The number of sulfonamides is 1. The predicted molar refractivity (Wildman–Crippen MR) is 94.4 cm³/mol. The Hall–Kier alpha value is -2.19. The first-order valence-corrected chi connectivity index (χ1v) is 9.40. The topological polar surface area (TPSA) is 64.6 Å². The quantitative estimate of drug-likeness (QED) is 0.756. The molecule has 0 saturated heterocycles. The fourth-order valence-corrected chi connectivity index (χ4v) is 3.83. The highest BCUT2D eigenvalue weighted by atomic mass is 32.2. The lowest BCUT2D eigenvalue weighted by Gasteiger charge is -2.12. The molecule has 0 heterocycles. The minimum atomic E-state index is -3.62. The van der Waals surface area contributed by atoms with E-state index in [0.29, 0.717) is 12.0 Å². The molecule has 0 aliphatic carbocycles. The van der Waals surface area contributed by atoms with Crippen LogP contribution in [0.1, 0.15) is 16.7 Å². The van der Waals surface area contributed by atoms with Crippen LogP contribution in [0.3, 0.4) is 0 Å². The van der Waals surface area contributed by atoms with E-state index in [0.717, 1.165) is 11.1 Å². The minimum absolute atomic E-state index is 0.0675. The molecular formula is C18H21F2NO4S. The van der Waals surface area contributed by atoms with Gasteiger partial charge < -0.3 is 9.47 Å². The van der Waals surface area contributed by atoms with Crippen molar-refractivity contribution < 1.29 is 26.7 Å². The van der Waals surface area contributed by atoms with Crippen molar-refractivity contribution in [2.45, 2.75) is 31.8 Å². The van der Waals surface area contributed by atoms with Crippen LogP contribution in [0.4, 0.5) is 8.78 Å². The van der Waals surface area contributed by atoms with Crippen LogP contribution in [0.5, 0.6) is 11.5 Å². The molecule has 142 valence electrons. The molecule has 8 heteroatoms. The van der Waals surface area contributed by atoms with Crippen molar-refractivity contribution in [3.63, 3.8) is 0 Å². The SMILES string of the molecule is COc1cc(CCNS(=O)(=O)c2ccc(C)cc2C)ccc1OC(F)F. The Balaban J connectivity index is 2.04. The second kappa shape index (κ2) is 8.46. The van der Waals surface area contributed by atoms with Gasteiger partial charge in [-0.25, -0.2) is 13.1 Å². The Labute approximate surface area is 152 Å². The fourth-order valence-electron chi connectivity index (χ4n) is 2.57. The lowest BCUT2D eigenvalue weighted by atomic mass is 10.1. The monoisotopic (exact) mass is 385 g/mol. The number of alkyl halides is 2. The lowest BCUT2D eigenvalue weighted by molar-refractivity contribution is -0.0512. The molecular weight excluding hydrogens is 364 g/mol. The van der Waals surface area contributed by atoms with Crippen LogP contribution in [0.2, 0.25) is 0 Å². The maximum Gasteiger partial charge on any atom is 0.387 e. The normalized spacial score (nSPS) is 11.6. The van der Waals surface area contributed by atoms with Gasteiger partial charge in [-0.1, -0.05) is 23.8 Å². The summed E-state index contributed by atoms with van der Waals surface area (Å²) >= 11 is 0. The van der Waals surface area contributed by atoms with E-state index in [1.807, 2.05) is 6.92 Å². The molecule has 2 aromatic carbocycles. The van der Waals surface area contributed by atoms with Gasteiger partial charge in [-0.05, 0) is 49.6 Å². The van der Waals surface area contributed by atoms with Crippen LogP contribution in [0.15, 0.2) is 41.3 Å². The molecule has 0 atom stereocenters. The van der Waals surface area contributed by atoms with Gasteiger partial charge in [-0.15, -0.1) is 0 Å². The zero-order valence-corrected chi connectivity index (χ0v) is 15.6. The summed E-state index contributed by atoms with van der Waals surface area (Å²) in [6, 6.07) is 9.63. The van der Waals surface area contributed by atoms with Crippen LogP contribution in [-0.2, 0) is 16.4 Å². The van der Waals surface area contributed by atoms with Crippen molar-refractivity contribution >= 4 is 10.0 Å². The minimum Gasteiger partial charge on any atom is -0.493 e. The Kier molecular flexibility index (Phi) is 6.55. The summed E-state index contributed by atoms with van der Waals surface area (Å²) in [6.07, 6.45) is 0.370. The van der Waals surface area contributed by atoms with Crippen molar-refractivity contribution in [1.29, 1.82) is 0 Å². The summed E-state index contributed by atoms with van der Waals surface area (Å²) in [6.45, 7) is 0.854. The number of aryl methyl sites for hydroxylation is 2. The van der Waals surface area contributed by atoms with Gasteiger partial charge >= 0.3 is 6.61 Å². The number of halogens is 2. The van der Waals surface area contributed by atoms with E-state index in [1.54, 1.807) is 37.3 Å². The van der Waals surface area contributed by atoms with E-state index in [9.17, 15) is 17.2 Å². The highest BCUT2D eigenvalue weighted by molar-refractivity contribution is 7.89. The molecule has 0 unspecified atom stereocenters. The first-order chi connectivity index (χ1) is 12.2. The van der Waals surface area contributed by atoms with E-state index >= 15 is 0 Å². The van der Waals surface area contributed by atoms with Crippen LogP contribution < -0.4 is 14.2 Å². The van der Waals surface area contributed by atoms with Crippen LogP contribution >= 0.6 is 0 Å². The molecule has 0 fully saturated rings. The standard InChI is InChI=1S/C18H21F2NO4S/c1-12-4-7-17(13(2)10-12)26(22,23)21-9-8-14-5-6-15(25-18(19)20)16(11-14)24-3/h4-7,10-11,18,21H,8-9H2,1-3H3. The van der Waals surface area contributed by atoms with E-state index in [1.165, 1.54) is 13.2 Å². The number of ether oxygens (including phenoxy) is 2. The van der Waals surface area contributed by atoms with Gasteiger partial charge in [0, 0.05) is 6.54 Å². The van der Waals surface area contributed by atoms with Crippen LogP contribution in [-0.4, -0.2) is 28.7 Å². The van der Waals surface area contributed by atoms with Gasteiger partial charge in [0.05, 0.1) is 12.0 Å². The summed E-state index contributed by atoms with van der Waals surface area (Å²) in [4.78, 5) is 0.237. The zero-order chi connectivity index (χ0) is 19.3. The molecule has 0 saturated carbocycles. The van der Waals surface area contributed by atoms with Crippen LogP contribution in [0.25, 0.3) is 0 Å². The summed E-state index contributed by atoms with van der Waals surface area (Å²) in [7, 11) is -2.28. The third kappa shape index (κ3) is 5.15. The maximum atomic E-state index is 12.4. The molecule has 2 aromatic rings. The van der Waals surface area contributed by atoms with Gasteiger partial charge in [0.25, 0.3) is 0 Å². The first-order valence-electron chi connectivity index (χ1n) is 7.91. The van der Waals surface area contributed by atoms with Crippen molar-refractivity contribution in [2.24, 2.45) is 0 Å². The van der Waals surface area contributed by atoms with E-state index in [-0.39, 0.29) is 22.9 Å². The molecule has 0 aliphatic rings. The second-order valence-electron chi connectivity index (χ2n) is 5.78. The van der Waals surface area contributed by atoms with E-state index in [2.05, 4.69) is 9.46 Å². The predicted octanol–water partition coefficient (Wildman–Crippen LogP) is 3.43. The van der Waals surface area contributed by atoms with Gasteiger partial charge in [0.2, 0.25) is 10.0 Å². The molecule has 0 aliphatic heterocycles. The molecule has 2 rings (SSSR count). The van der Waals surface area contributed by atoms with Crippen molar-refractivity contribution in [3.05, 3.63) is 53.1 Å². The molecule has 0 aromatic heterocycles. The van der Waals surface area contributed by atoms with E-state index < -0.39 is 16.6 Å². The highest BCUT2D eigenvalue weighted by Crippen LogP contribution is 2.29. The Morgan fingerprint density at radius 2 is 1.81 bits per heavy atom. The highest BCUT2D eigenvalue weighted by Gasteiger charge is 2.16. The van der Waals surface area contributed by atoms with Crippen molar-refractivity contribution in [3.8, 4) is 11.5 Å². The number of hydrogen-bond donors (Lipinski definition) is 1. The first kappa shape index (κ1) is 20.1. The summed E-state index contributed by atoms with van der Waals surface area (Å²) in [5.41, 5.74) is 2.39. The third-order valence-electron chi connectivity index (χ3n) is 3.77. The third-order valence-corrected chi connectivity index (χ3v) is 5.39. The molecule has 0 amide bonds. The number of hydrogen-bond acceptors (Lipinski definition) is 4. The summed E-state index contributed by atoms with van der Waals surface area (Å²) in [5, 5.41) is 0.